The second kappa shape index (κ2) is 6.55. The summed E-state index contributed by atoms with van der Waals surface area (Å²) in [6.45, 7) is 5.50. The lowest BCUT2D eigenvalue weighted by Crippen LogP contribution is -2.53. The molecule has 1 N–H and O–H groups in total. The van der Waals surface area contributed by atoms with Crippen molar-refractivity contribution in [2.75, 3.05) is 32.8 Å². The highest BCUT2D eigenvalue weighted by Crippen LogP contribution is 2.32. The Morgan fingerprint density at radius 2 is 1.63 bits per heavy atom. The van der Waals surface area contributed by atoms with Crippen LogP contribution in [0.3, 0.4) is 0 Å². The average Bonchev–Trinajstić information content (AvgIpc) is 2.48. The molecule has 3 fully saturated rings. The van der Waals surface area contributed by atoms with Gasteiger partial charge in [0, 0.05) is 18.6 Å². The molecule has 0 aromatic rings. The minimum Gasteiger partial charge on any atom is -0.395 e. The van der Waals surface area contributed by atoms with Gasteiger partial charge in [0.25, 0.3) is 0 Å². The number of aliphatic hydroxyl groups is 1. The van der Waals surface area contributed by atoms with E-state index in [2.05, 4.69) is 9.80 Å². The fraction of sp³-hybridized carbons (Fsp3) is 1.00. The van der Waals surface area contributed by atoms with Crippen molar-refractivity contribution in [1.29, 1.82) is 0 Å². The van der Waals surface area contributed by atoms with Gasteiger partial charge < -0.3 is 10.0 Å². The molecule has 19 heavy (non-hydrogen) atoms. The highest BCUT2D eigenvalue weighted by molar-refractivity contribution is 4.90. The van der Waals surface area contributed by atoms with Crippen LogP contribution in [0.5, 0.6) is 0 Å². The molecule has 0 bridgehead atoms. The molecule has 3 aliphatic heterocycles. The Balaban J connectivity index is 1.60. The lowest BCUT2D eigenvalue weighted by Gasteiger charge is -2.47. The third kappa shape index (κ3) is 3.14. The second-order valence-corrected chi connectivity index (χ2v) is 6.83. The van der Waals surface area contributed by atoms with Gasteiger partial charge in [-0.25, -0.2) is 0 Å². The van der Waals surface area contributed by atoms with Crippen LogP contribution in [-0.2, 0) is 0 Å². The summed E-state index contributed by atoms with van der Waals surface area (Å²) in [7, 11) is 0. The number of rotatable bonds is 3. The molecule has 0 saturated carbocycles. The number of hydrogen-bond donors (Lipinski definition) is 1. The molecular weight excluding hydrogens is 236 g/mol. The number of likely N-dealkylation sites (tertiary alicyclic amines) is 1. The maximum atomic E-state index is 9.57. The van der Waals surface area contributed by atoms with Gasteiger partial charge in [-0.2, -0.15) is 0 Å². The summed E-state index contributed by atoms with van der Waals surface area (Å²) in [5.41, 5.74) is 0. The highest BCUT2D eigenvalue weighted by atomic mass is 16.3. The first-order valence-corrected chi connectivity index (χ1v) is 8.47. The normalized spacial score (nSPS) is 38.1. The summed E-state index contributed by atoms with van der Waals surface area (Å²) in [6, 6.07) is 1.30. The Kier molecular flexibility index (Phi) is 4.78. The molecular formula is C16H30N2O. The van der Waals surface area contributed by atoms with Gasteiger partial charge in [0.05, 0.1) is 6.61 Å². The predicted octanol–water partition coefficient (Wildman–Crippen LogP) is 2.10. The lowest BCUT2D eigenvalue weighted by atomic mass is 9.82. The maximum Gasteiger partial charge on any atom is 0.0586 e. The zero-order valence-electron chi connectivity index (χ0n) is 12.3. The Morgan fingerprint density at radius 1 is 0.842 bits per heavy atom. The van der Waals surface area contributed by atoms with E-state index in [0.717, 1.165) is 12.0 Å². The summed E-state index contributed by atoms with van der Waals surface area (Å²) < 4.78 is 0. The van der Waals surface area contributed by atoms with E-state index < -0.39 is 0 Å². The fourth-order valence-electron chi connectivity index (χ4n) is 4.60. The van der Waals surface area contributed by atoms with Crippen molar-refractivity contribution in [1.82, 2.24) is 9.80 Å². The van der Waals surface area contributed by atoms with Gasteiger partial charge in [-0.05, 0) is 64.1 Å². The fourth-order valence-corrected chi connectivity index (χ4v) is 4.60. The van der Waals surface area contributed by atoms with Gasteiger partial charge in [0.15, 0.2) is 0 Å². The number of aliphatic hydroxyl groups excluding tert-OH is 1. The molecule has 3 aliphatic rings. The summed E-state index contributed by atoms with van der Waals surface area (Å²) >= 11 is 0. The molecule has 3 heterocycles. The van der Waals surface area contributed by atoms with E-state index in [1.807, 2.05) is 0 Å². The average molecular weight is 266 g/mol. The monoisotopic (exact) mass is 266 g/mol. The third-order valence-corrected chi connectivity index (χ3v) is 5.66. The standard InChI is InChI=1S/C16H30N2O/c19-13-15-7-1-3-10-18(15)12-14-6-5-11-17-9-4-2-8-16(14)17/h14-16,19H,1-13H2/t14-,15?,16+/m0/s1. The van der Waals surface area contributed by atoms with Gasteiger partial charge in [0.2, 0.25) is 0 Å². The molecule has 0 aromatic carbocycles. The predicted molar refractivity (Wildman–Crippen MR) is 78.2 cm³/mol. The maximum absolute atomic E-state index is 9.57. The summed E-state index contributed by atoms with van der Waals surface area (Å²) in [4.78, 5) is 5.36. The number of nitrogens with zero attached hydrogens (tertiary/aromatic N) is 2. The smallest absolute Gasteiger partial charge is 0.0586 e. The Bertz CT molecular complexity index is 282. The number of hydrogen-bond acceptors (Lipinski definition) is 3. The van der Waals surface area contributed by atoms with E-state index in [1.165, 1.54) is 77.5 Å². The molecule has 0 aliphatic carbocycles. The van der Waals surface area contributed by atoms with E-state index >= 15 is 0 Å². The molecule has 0 amide bonds. The molecule has 3 atom stereocenters. The summed E-state index contributed by atoms with van der Waals surface area (Å²) in [6.07, 6.45) is 10.9. The lowest BCUT2D eigenvalue weighted by molar-refractivity contribution is 0.0140. The van der Waals surface area contributed by atoms with Crippen LogP contribution in [0.1, 0.15) is 51.4 Å². The van der Waals surface area contributed by atoms with Crippen molar-refractivity contribution in [3.8, 4) is 0 Å². The molecule has 0 spiro atoms. The highest BCUT2D eigenvalue weighted by Gasteiger charge is 2.35. The van der Waals surface area contributed by atoms with Gasteiger partial charge in [-0.1, -0.05) is 12.8 Å². The van der Waals surface area contributed by atoms with Crippen molar-refractivity contribution >= 4 is 0 Å². The van der Waals surface area contributed by atoms with Crippen LogP contribution in [0.2, 0.25) is 0 Å². The van der Waals surface area contributed by atoms with E-state index in [0.29, 0.717) is 12.6 Å². The molecule has 3 heteroatoms. The Hall–Kier alpha value is -0.120. The van der Waals surface area contributed by atoms with Gasteiger partial charge in [0.1, 0.15) is 0 Å². The molecule has 0 aromatic heterocycles. The Labute approximate surface area is 118 Å². The molecule has 0 radical (unpaired) electrons. The molecule has 3 nitrogen and oxygen atoms in total. The number of fused-ring (bicyclic) bond motifs is 1. The third-order valence-electron chi connectivity index (χ3n) is 5.66. The van der Waals surface area contributed by atoms with Crippen LogP contribution in [-0.4, -0.2) is 59.8 Å². The zero-order valence-corrected chi connectivity index (χ0v) is 12.3. The molecule has 1 unspecified atom stereocenters. The van der Waals surface area contributed by atoms with Crippen LogP contribution in [0.15, 0.2) is 0 Å². The summed E-state index contributed by atoms with van der Waals surface area (Å²) in [5.74, 6) is 0.862. The van der Waals surface area contributed by atoms with Crippen molar-refractivity contribution in [2.45, 2.75) is 63.5 Å². The van der Waals surface area contributed by atoms with Crippen molar-refractivity contribution in [2.24, 2.45) is 5.92 Å². The van der Waals surface area contributed by atoms with Crippen LogP contribution in [0, 0.1) is 5.92 Å². The van der Waals surface area contributed by atoms with Gasteiger partial charge in [-0.15, -0.1) is 0 Å². The van der Waals surface area contributed by atoms with Crippen molar-refractivity contribution in [3.05, 3.63) is 0 Å². The van der Waals surface area contributed by atoms with Crippen molar-refractivity contribution < 1.29 is 5.11 Å². The van der Waals surface area contributed by atoms with Gasteiger partial charge >= 0.3 is 0 Å². The van der Waals surface area contributed by atoms with Crippen LogP contribution in [0.25, 0.3) is 0 Å². The quantitative estimate of drug-likeness (QED) is 0.847. The SMILES string of the molecule is OCC1CCCCN1C[C@@H]1CCCN2CCCC[C@H]12. The zero-order chi connectivity index (χ0) is 13.1. The molecule has 110 valence electrons. The first-order chi connectivity index (χ1) is 9.38. The Morgan fingerprint density at radius 3 is 2.53 bits per heavy atom. The largest absolute Gasteiger partial charge is 0.395 e. The van der Waals surface area contributed by atoms with E-state index in [9.17, 15) is 5.11 Å². The molecule has 3 saturated heterocycles. The first kappa shape index (κ1) is 13.8. The van der Waals surface area contributed by atoms with Crippen molar-refractivity contribution in [3.63, 3.8) is 0 Å². The first-order valence-electron chi connectivity index (χ1n) is 8.47. The number of piperidine rings is 3. The van der Waals surface area contributed by atoms with Crippen LogP contribution >= 0.6 is 0 Å². The van der Waals surface area contributed by atoms with Crippen LogP contribution < -0.4 is 0 Å². The van der Waals surface area contributed by atoms with E-state index in [4.69, 9.17) is 0 Å². The minimum absolute atomic E-state index is 0.362. The summed E-state index contributed by atoms with van der Waals surface area (Å²) in [5, 5.41) is 9.57. The van der Waals surface area contributed by atoms with E-state index in [-0.39, 0.29) is 0 Å². The minimum atomic E-state index is 0.362. The van der Waals surface area contributed by atoms with Gasteiger partial charge in [-0.3, -0.25) is 4.90 Å². The molecule has 3 rings (SSSR count). The van der Waals surface area contributed by atoms with Crippen LogP contribution in [0.4, 0.5) is 0 Å². The topological polar surface area (TPSA) is 26.7 Å². The second-order valence-electron chi connectivity index (χ2n) is 6.83. The van der Waals surface area contributed by atoms with E-state index in [1.54, 1.807) is 0 Å².